The van der Waals surface area contributed by atoms with Crippen LogP contribution in [0.1, 0.15) is 11.7 Å². The molecule has 0 radical (unpaired) electrons. The number of halogens is 1. The molecule has 0 aliphatic carbocycles. The molecule has 1 amide bonds. The highest BCUT2D eigenvalue weighted by Crippen LogP contribution is 2.26. The molecule has 0 spiro atoms. The third kappa shape index (κ3) is 2.16. The van der Waals surface area contributed by atoms with E-state index in [0.717, 1.165) is 0 Å². The summed E-state index contributed by atoms with van der Waals surface area (Å²) in [6.45, 7) is 0. The van der Waals surface area contributed by atoms with Gasteiger partial charge in [0.05, 0.1) is 12.1 Å². The van der Waals surface area contributed by atoms with Gasteiger partial charge in [0.25, 0.3) is 5.91 Å². The minimum Gasteiger partial charge on any atom is -0.497 e. The maximum Gasteiger partial charge on any atom is 0.250 e. The van der Waals surface area contributed by atoms with Crippen LogP contribution in [0.25, 0.3) is 0 Å². The Labute approximate surface area is 86.2 Å². The lowest BCUT2D eigenvalue weighted by Gasteiger charge is -2.09. The zero-order valence-corrected chi connectivity index (χ0v) is 8.28. The van der Waals surface area contributed by atoms with E-state index in [1.807, 2.05) is 0 Å². The van der Waals surface area contributed by atoms with Crippen molar-refractivity contribution in [3.63, 3.8) is 0 Å². The van der Waals surface area contributed by atoms with E-state index in [2.05, 4.69) is 0 Å². The minimum atomic E-state index is -1.38. The average Bonchev–Trinajstić information content (AvgIpc) is 2.16. The largest absolute Gasteiger partial charge is 0.497 e. The van der Waals surface area contributed by atoms with Gasteiger partial charge in [-0.1, -0.05) is 17.7 Å². The Hall–Kier alpha value is -1.26. The van der Waals surface area contributed by atoms with Gasteiger partial charge in [0.15, 0.2) is 6.10 Å². The summed E-state index contributed by atoms with van der Waals surface area (Å²) < 4.78 is 4.91. The highest BCUT2D eigenvalue weighted by atomic mass is 35.5. The van der Waals surface area contributed by atoms with Gasteiger partial charge in [0, 0.05) is 5.56 Å². The molecule has 1 rings (SSSR count). The van der Waals surface area contributed by atoms with Gasteiger partial charge in [-0.2, -0.15) is 0 Å². The number of carbonyl (C=O) groups is 1. The number of hydrogen-bond acceptors (Lipinski definition) is 3. The van der Waals surface area contributed by atoms with Crippen LogP contribution in [0.2, 0.25) is 5.02 Å². The molecule has 0 heterocycles. The molecule has 1 unspecified atom stereocenters. The maximum atomic E-state index is 10.7. The summed E-state index contributed by atoms with van der Waals surface area (Å²) in [7, 11) is 1.50. The lowest BCUT2D eigenvalue weighted by Crippen LogP contribution is -2.21. The van der Waals surface area contributed by atoms with Gasteiger partial charge >= 0.3 is 0 Å². The number of aliphatic hydroxyl groups is 1. The number of aliphatic hydroxyl groups excluding tert-OH is 1. The standard InChI is InChI=1S/C9H10ClNO3/c1-14-5-2-3-6(7(10)4-5)8(12)9(11)13/h2-4,8,12H,1H3,(H2,11,13). The van der Waals surface area contributed by atoms with Crippen LogP contribution >= 0.6 is 11.6 Å². The monoisotopic (exact) mass is 215 g/mol. The third-order valence-electron chi connectivity index (χ3n) is 1.77. The first kappa shape index (κ1) is 10.8. The first-order valence-corrected chi connectivity index (χ1v) is 4.25. The fourth-order valence-corrected chi connectivity index (χ4v) is 1.28. The van der Waals surface area contributed by atoms with E-state index in [1.54, 1.807) is 6.07 Å². The first-order valence-electron chi connectivity index (χ1n) is 3.87. The quantitative estimate of drug-likeness (QED) is 0.786. The number of carbonyl (C=O) groups excluding carboxylic acids is 1. The van der Waals surface area contributed by atoms with Crippen molar-refractivity contribution in [2.75, 3.05) is 7.11 Å². The number of hydrogen-bond donors (Lipinski definition) is 2. The Morgan fingerprint density at radius 2 is 2.29 bits per heavy atom. The van der Waals surface area contributed by atoms with Crippen molar-refractivity contribution >= 4 is 17.5 Å². The second kappa shape index (κ2) is 4.30. The van der Waals surface area contributed by atoms with Crippen molar-refractivity contribution in [3.05, 3.63) is 28.8 Å². The summed E-state index contributed by atoms with van der Waals surface area (Å²) >= 11 is 5.80. The highest BCUT2D eigenvalue weighted by Gasteiger charge is 2.17. The Bertz CT molecular complexity index is 354. The van der Waals surface area contributed by atoms with E-state index < -0.39 is 12.0 Å². The van der Waals surface area contributed by atoms with Crippen LogP contribution in [0.4, 0.5) is 0 Å². The van der Waals surface area contributed by atoms with Crippen molar-refractivity contribution < 1.29 is 14.6 Å². The molecule has 76 valence electrons. The topological polar surface area (TPSA) is 72.6 Å². The molecule has 0 saturated heterocycles. The second-order valence-electron chi connectivity index (χ2n) is 2.69. The van der Waals surface area contributed by atoms with Gasteiger partial charge in [0.1, 0.15) is 5.75 Å². The van der Waals surface area contributed by atoms with Crippen LogP contribution in [0, 0.1) is 0 Å². The molecule has 1 aromatic carbocycles. The second-order valence-corrected chi connectivity index (χ2v) is 3.10. The van der Waals surface area contributed by atoms with Gasteiger partial charge in [0.2, 0.25) is 0 Å². The summed E-state index contributed by atoms with van der Waals surface area (Å²) in [6, 6.07) is 4.59. The maximum absolute atomic E-state index is 10.7. The van der Waals surface area contributed by atoms with Gasteiger partial charge < -0.3 is 15.6 Å². The molecule has 1 atom stereocenters. The molecule has 14 heavy (non-hydrogen) atoms. The van der Waals surface area contributed by atoms with Gasteiger partial charge in [-0.05, 0) is 12.1 Å². The van der Waals surface area contributed by atoms with Gasteiger partial charge in [-0.15, -0.1) is 0 Å². The van der Waals surface area contributed by atoms with E-state index in [0.29, 0.717) is 5.75 Å². The van der Waals surface area contributed by atoms with E-state index >= 15 is 0 Å². The number of primary amides is 1. The van der Waals surface area contributed by atoms with Crippen molar-refractivity contribution in [2.24, 2.45) is 5.73 Å². The number of benzene rings is 1. The summed E-state index contributed by atoms with van der Waals surface area (Å²) in [5.41, 5.74) is 5.21. The lowest BCUT2D eigenvalue weighted by molar-refractivity contribution is -0.126. The minimum absolute atomic E-state index is 0.246. The molecule has 3 N–H and O–H groups in total. The molecule has 0 aromatic heterocycles. The lowest BCUT2D eigenvalue weighted by atomic mass is 10.1. The Balaban J connectivity index is 3.05. The number of amides is 1. The molecule has 4 nitrogen and oxygen atoms in total. The smallest absolute Gasteiger partial charge is 0.250 e. The SMILES string of the molecule is COc1ccc(C(O)C(N)=O)c(Cl)c1. The van der Waals surface area contributed by atoms with Crippen molar-refractivity contribution in [3.8, 4) is 5.75 Å². The Morgan fingerprint density at radius 1 is 1.64 bits per heavy atom. The summed E-state index contributed by atoms with van der Waals surface area (Å²) in [4.78, 5) is 10.7. The van der Waals surface area contributed by atoms with Crippen molar-refractivity contribution in [1.29, 1.82) is 0 Å². The molecule has 0 fully saturated rings. The van der Waals surface area contributed by atoms with Crippen LogP contribution in [0.5, 0.6) is 5.75 Å². The highest BCUT2D eigenvalue weighted by molar-refractivity contribution is 6.31. The number of ether oxygens (including phenoxy) is 1. The molecule has 5 heteroatoms. The van der Waals surface area contributed by atoms with E-state index in [9.17, 15) is 9.90 Å². The first-order chi connectivity index (χ1) is 6.56. The molecular weight excluding hydrogens is 206 g/mol. The van der Waals surface area contributed by atoms with Crippen LogP contribution < -0.4 is 10.5 Å². The van der Waals surface area contributed by atoms with E-state index in [4.69, 9.17) is 22.1 Å². The number of nitrogens with two attached hydrogens (primary N) is 1. The van der Waals surface area contributed by atoms with Crippen molar-refractivity contribution in [2.45, 2.75) is 6.10 Å². The summed E-state index contributed by atoms with van der Waals surface area (Å²) in [6.07, 6.45) is -1.38. The van der Waals surface area contributed by atoms with Gasteiger partial charge in [-0.25, -0.2) is 0 Å². The third-order valence-corrected chi connectivity index (χ3v) is 2.10. The van der Waals surface area contributed by atoms with E-state index in [-0.39, 0.29) is 10.6 Å². The fraction of sp³-hybridized carbons (Fsp3) is 0.222. The Kier molecular flexibility index (Phi) is 3.33. The molecule has 0 saturated carbocycles. The molecule has 0 aliphatic heterocycles. The average molecular weight is 216 g/mol. The summed E-state index contributed by atoms with van der Waals surface area (Å²) in [5.74, 6) is -0.285. The number of rotatable bonds is 3. The molecule has 0 aliphatic rings. The summed E-state index contributed by atoms with van der Waals surface area (Å²) in [5, 5.41) is 9.59. The van der Waals surface area contributed by atoms with E-state index in [1.165, 1.54) is 19.2 Å². The van der Waals surface area contributed by atoms with Gasteiger partial charge in [-0.3, -0.25) is 4.79 Å². The molecule has 0 bridgehead atoms. The zero-order chi connectivity index (χ0) is 10.7. The fourth-order valence-electron chi connectivity index (χ4n) is 1.01. The van der Waals surface area contributed by atoms with Crippen LogP contribution in [-0.4, -0.2) is 18.1 Å². The predicted molar refractivity (Wildman–Crippen MR) is 52.2 cm³/mol. The Morgan fingerprint density at radius 3 is 2.71 bits per heavy atom. The van der Waals surface area contributed by atoms with Crippen molar-refractivity contribution in [1.82, 2.24) is 0 Å². The van der Waals surface area contributed by atoms with Crippen LogP contribution in [0.3, 0.4) is 0 Å². The zero-order valence-electron chi connectivity index (χ0n) is 7.53. The predicted octanol–water partition coefficient (Wildman–Crippen LogP) is 0.867. The molecule has 1 aromatic rings. The number of methoxy groups -OCH3 is 1. The molecular formula is C9H10ClNO3. The van der Waals surface area contributed by atoms with Crippen LogP contribution in [-0.2, 0) is 4.79 Å². The van der Waals surface area contributed by atoms with Crippen LogP contribution in [0.15, 0.2) is 18.2 Å². The normalized spacial score (nSPS) is 12.2.